The average Bonchev–Trinajstić information content (AvgIpc) is 3.00. The highest BCUT2D eigenvalue weighted by Crippen LogP contribution is 2.23. The summed E-state index contributed by atoms with van der Waals surface area (Å²) in [4.78, 5) is 33.9. The number of nitrogens with one attached hydrogen (secondary N) is 1. The fraction of sp³-hybridized carbons (Fsp3) is 0.469. The monoisotopic (exact) mass is 568 g/mol. The molecule has 5 aliphatic heterocycles. The maximum absolute atomic E-state index is 13.2. The lowest BCUT2D eigenvalue weighted by Gasteiger charge is -2.41. The second kappa shape index (κ2) is 14.3. The number of nitrogens with zero attached hydrogens (tertiary/aromatic N) is 7. The SMILES string of the molecule is CC1CCCN(C)c2ccc(cn2)-c2ccnc(n2)Nc2cccc(c2)CN2CCN(CC1=O)CC2COCCC#N. The van der Waals surface area contributed by atoms with Crippen LogP contribution in [0.15, 0.2) is 54.9 Å². The molecule has 0 amide bonds. The molecule has 7 heterocycles. The van der Waals surface area contributed by atoms with Gasteiger partial charge in [0.05, 0.1) is 37.9 Å². The largest absolute Gasteiger partial charge is 0.379 e. The number of benzene rings is 1. The number of rotatable bonds is 4. The van der Waals surface area contributed by atoms with E-state index in [2.05, 4.69) is 48.2 Å². The van der Waals surface area contributed by atoms with Gasteiger partial charge in [0.15, 0.2) is 0 Å². The van der Waals surface area contributed by atoms with Gasteiger partial charge in [0.2, 0.25) is 5.95 Å². The molecule has 8 bridgehead atoms. The summed E-state index contributed by atoms with van der Waals surface area (Å²) < 4.78 is 5.89. The summed E-state index contributed by atoms with van der Waals surface area (Å²) in [6.07, 6.45) is 5.73. The maximum atomic E-state index is 13.2. The number of ketones is 1. The van der Waals surface area contributed by atoms with Crippen LogP contribution in [0.3, 0.4) is 0 Å². The number of nitriles is 1. The van der Waals surface area contributed by atoms with E-state index in [4.69, 9.17) is 15.0 Å². The van der Waals surface area contributed by atoms with Crippen molar-refractivity contribution in [3.63, 3.8) is 0 Å². The molecule has 1 N–H and O–H groups in total. The summed E-state index contributed by atoms with van der Waals surface area (Å²) in [5.74, 6) is 1.71. The lowest BCUT2D eigenvalue weighted by atomic mass is 9.99. The molecule has 10 nitrogen and oxygen atoms in total. The number of carbonyl (C=O) groups is 1. The number of piperazine rings is 1. The summed E-state index contributed by atoms with van der Waals surface area (Å²) in [6, 6.07) is 16.5. The minimum atomic E-state index is 0.000835. The second-order valence-corrected chi connectivity index (χ2v) is 11.3. The summed E-state index contributed by atoms with van der Waals surface area (Å²) in [5, 5.41) is 12.3. The van der Waals surface area contributed by atoms with Gasteiger partial charge < -0.3 is 15.0 Å². The van der Waals surface area contributed by atoms with Gasteiger partial charge in [-0.1, -0.05) is 19.1 Å². The van der Waals surface area contributed by atoms with Gasteiger partial charge in [0.25, 0.3) is 0 Å². The molecule has 1 aromatic carbocycles. The first kappa shape index (κ1) is 29.6. The number of hydrogen-bond donors (Lipinski definition) is 1. The predicted molar refractivity (Wildman–Crippen MR) is 163 cm³/mol. The Morgan fingerprint density at radius 1 is 1.12 bits per heavy atom. The molecule has 3 aromatic rings. The number of carbonyl (C=O) groups excluding carboxylic acids is 1. The highest BCUT2D eigenvalue weighted by atomic mass is 16.5. The highest BCUT2D eigenvalue weighted by molar-refractivity contribution is 5.82. The summed E-state index contributed by atoms with van der Waals surface area (Å²) in [6.45, 7) is 7.46. The smallest absolute Gasteiger partial charge is 0.227 e. The zero-order valence-electron chi connectivity index (χ0n) is 24.6. The fourth-order valence-corrected chi connectivity index (χ4v) is 5.54. The minimum absolute atomic E-state index is 0.000835. The zero-order valence-corrected chi connectivity index (χ0v) is 24.6. The van der Waals surface area contributed by atoms with E-state index < -0.39 is 0 Å². The van der Waals surface area contributed by atoms with E-state index in [0.717, 1.165) is 68.3 Å². The van der Waals surface area contributed by atoms with Crippen LogP contribution in [-0.2, 0) is 16.1 Å². The first-order valence-corrected chi connectivity index (χ1v) is 14.8. The van der Waals surface area contributed by atoms with Crippen molar-refractivity contribution < 1.29 is 9.53 Å². The van der Waals surface area contributed by atoms with Crippen LogP contribution in [0.1, 0.15) is 31.7 Å². The zero-order chi connectivity index (χ0) is 29.3. The molecule has 0 aliphatic carbocycles. The van der Waals surface area contributed by atoms with Crippen molar-refractivity contribution in [2.24, 2.45) is 5.92 Å². The van der Waals surface area contributed by atoms with E-state index in [1.807, 2.05) is 50.5 Å². The molecule has 10 heteroatoms. The molecule has 1 saturated heterocycles. The van der Waals surface area contributed by atoms with Gasteiger partial charge in [-0.15, -0.1) is 0 Å². The summed E-state index contributed by atoms with van der Waals surface area (Å²) in [5.41, 5.74) is 3.80. The van der Waals surface area contributed by atoms with Crippen molar-refractivity contribution >= 4 is 23.2 Å². The molecular weight excluding hydrogens is 528 g/mol. The molecule has 1 fully saturated rings. The standard InChI is InChI=1S/C32H40N8O2/c1-24-6-4-14-38(2)31-10-9-26(19-35-31)29-11-13-34-32(37-29)36-27-8-3-7-25(18-27)20-40-16-15-39(22-30(24)41)21-28(40)23-42-17-5-12-33/h3,7-11,13,18-19,24,28H,4-6,14-17,20-23H2,1-2H3,(H,34,36,37). The van der Waals surface area contributed by atoms with E-state index in [9.17, 15) is 4.79 Å². The first-order chi connectivity index (χ1) is 20.5. The molecular formula is C32H40N8O2. The lowest BCUT2D eigenvalue weighted by Crippen LogP contribution is -2.55. The Bertz CT molecular complexity index is 1380. The number of ether oxygens (including phenoxy) is 1. The van der Waals surface area contributed by atoms with Crippen molar-refractivity contribution in [3.05, 3.63) is 60.4 Å². The third-order valence-corrected chi connectivity index (χ3v) is 8.08. The van der Waals surface area contributed by atoms with Crippen LogP contribution in [0, 0.1) is 17.2 Å². The average molecular weight is 569 g/mol. The van der Waals surface area contributed by atoms with E-state index in [-0.39, 0.29) is 17.7 Å². The molecule has 5 aliphatic rings. The van der Waals surface area contributed by atoms with Crippen molar-refractivity contribution in [1.82, 2.24) is 24.8 Å². The highest BCUT2D eigenvalue weighted by Gasteiger charge is 2.29. The number of anilines is 3. The van der Waals surface area contributed by atoms with E-state index >= 15 is 0 Å². The second-order valence-electron chi connectivity index (χ2n) is 11.3. The van der Waals surface area contributed by atoms with Crippen LogP contribution in [0.4, 0.5) is 17.5 Å². The van der Waals surface area contributed by atoms with Gasteiger partial charge >= 0.3 is 0 Å². The van der Waals surface area contributed by atoms with Gasteiger partial charge in [-0.3, -0.25) is 14.6 Å². The van der Waals surface area contributed by atoms with Crippen LogP contribution >= 0.6 is 0 Å². The number of hydrogen-bond acceptors (Lipinski definition) is 10. The van der Waals surface area contributed by atoms with Crippen LogP contribution in [0.5, 0.6) is 0 Å². The molecule has 4 atom stereocenters. The van der Waals surface area contributed by atoms with Crippen molar-refractivity contribution in [1.29, 1.82) is 5.26 Å². The topological polar surface area (TPSA) is 111 Å². The van der Waals surface area contributed by atoms with Crippen LogP contribution < -0.4 is 10.2 Å². The number of aromatic nitrogens is 3. The predicted octanol–water partition coefficient (Wildman–Crippen LogP) is 4.13. The van der Waals surface area contributed by atoms with Gasteiger partial charge in [-0.05, 0) is 48.7 Å². The molecule has 220 valence electrons. The first-order valence-electron chi connectivity index (χ1n) is 14.8. The normalized spacial score (nSPS) is 23.3. The van der Waals surface area contributed by atoms with E-state index in [1.165, 1.54) is 5.56 Å². The Hall–Kier alpha value is -3.91. The molecule has 0 spiro atoms. The van der Waals surface area contributed by atoms with Gasteiger partial charge in [-0.2, -0.15) is 5.26 Å². The third kappa shape index (κ3) is 7.88. The minimum Gasteiger partial charge on any atom is -0.379 e. The molecule has 8 rings (SSSR count). The Labute approximate surface area is 248 Å². The van der Waals surface area contributed by atoms with Gasteiger partial charge in [0.1, 0.15) is 11.6 Å². The van der Waals surface area contributed by atoms with Crippen LogP contribution in [-0.4, -0.2) is 89.6 Å². The van der Waals surface area contributed by atoms with Crippen molar-refractivity contribution in [3.8, 4) is 17.3 Å². The number of pyridine rings is 1. The molecule has 0 radical (unpaired) electrons. The van der Waals surface area contributed by atoms with Crippen molar-refractivity contribution in [2.45, 2.75) is 38.8 Å². The molecule has 0 saturated carbocycles. The quantitative estimate of drug-likeness (QED) is 0.461. The van der Waals surface area contributed by atoms with E-state index in [0.29, 0.717) is 32.1 Å². The Morgan fingerprint density at radius 3 is 2.86 bits per heavy atom. The molecule has 2 aromatic heterocycles. The fourth-order valence-electron chi connectivity index (χ4n) is 5.54. The summed E-state index contributed by atoms with van der Waals surface area (Å²) in [7, 11) is 2.04. The Morgan fingerprint density at radius 2 is 2.02 bits per heavy atom. The van der Waals surface area contributed by atoms with Crippen LogP contribution in [0.2, 0.25) is 0 Å². The number of Topliss-reactive ketones (excluding diaryl/α,β-unsaturated/α-hetero) is 1. The lowest BCUT2D eigenvalue weighted by molar-refractivity contribution is -0.124. The molecule has 4 unspecified atom stereocenters. The van der Waals surface area contributed by atoms with Crippen LogP contribution in [0.25, 0.3) is 11.3 Å². The van der Waals surface area contributed by atoms with Crippen molar-refractivity contribution in [2.75, 3.05) is 63.2 Å². The summed E-state index contributed by atoms with van der Waals surface area (Å²) >= 11 is 0. The Balaban J connectivity index is 1.39. The maximum Gasteiger partial charge on any atom is 0.227 e. The van der Waals surface area contributed by atoms with E-state index in [1.54, 1.807) is 6.20 Å². The molecule has 42 heavy (non-hydrogen) atoms. The van der Waals surface area contributed by atoms with Gasteiger partial charge in [0, 0.05) is 75.4 Å². The van der Waals surface area contributed by atoms with Gasteiger partial charge in [-0.25, -0.2) is 15.0 Å². The third-order valence-electron chi connectivity index (χ3n) is 8.08. The Kier molecular flexibility index (Phi) is 10.1.